The van der Waals surface area contributed by atoms with Gasteiger partial charge in [0.25, 0.3) is 0 Å². The number of benzene rings is 1. The van der Waals surface area contributed by atoms with E-state index in [1.165, 1.54) is 13.8 Å². The molecule has 0 saturated heterocycles. The van der Waals surface area contributed by atoms with Crippen molar-refractivity contribution in [2.75, 3.05) is 6.61 Å². The van der Waals surface area contributed by atoms with Crippen LogP contribution in [0.3, 0.4) is 0 Å². The van der Waals surface area contributed by atoms with Crippen LogP contribution in [0, 0.1) is 5.41 Å². The molecular weight excluding hydrogens is 312 g/mol. The van der Waals surface area contributed by atoms with Crippen molar-refractivity contribution in [1.29, 1.82) is 0 Å². The molecule has 1 aromatic rings. The number of rotatable bonds is 6. The average molecular weight is 329 g/mol. The molecule has 0 heterocycles. The van der Waals surface area contributed by atoms with Gasteiger partial charge in [0.05, 0.1) is 12.0 Å². The normalized spacial score (nSPS) is 11.2. The third-order valence-electron chi connectivity index (χ3n) is 2.73. The highest BCUT2D eigenvalue weighted by molar-refractivity contribution is 9.10. The van der Waals surface area contributed by atoms with Crippen LogP contribution < -0.4 is 4.74 Å². The van der Waals surface area contributed by atoms with Crippen LogP contribution in [-0.2, 0) is 4.79 Å². The molecule has 19 heavy (non-hydrogen) atoms. The highest BCUT2D eigenvalue weighted by Crippen LogP contribution is 2.28. The number of Topliss-reactive ketones (excluding diaryl/α,β-unsaturated/α-hetero) is 1. The summed E-state index contributed by atoms with van der Waals surface area (Å²) in [5, 5.41) is 9.04. The Morgan fingerprint density at radius 1 is 1.37 bits per heavy atom. The molecule has 4 nitrogen and oxygen atoms in total. The van der Waals surface area contributed by atoms with E-state index in [0.29, 0.717) is 22.4 Å². The van der Waals surface area contributed by atoms with E-state index in [1.54, 1.807) is 18.2 Å². The molecule has 1 aromatic carbocycles. The van der Waals surface area contributed by atoms with Crippen LogP contribution in [0.1, 0.15) is 37.6 Å². The number of ketones is 1. The quantitative estimate of drug-likeness (QED) is 0.811. The standard InChI is InChI=1S/C14H17BrO4/c1-4-19-9-5-6-10(11(15)7-9)12(16)8-14(2,3)13(17)18/h5-7H,4,8H2,1-3H3,(H,17,18). The molecule has 0 aliphatic rings. The fourth-order valence-electron chi connectivity index (χ4n) is 1.55. The summed E-state index contributed by atoms with van der Waals surface area (Å²) in [6, 6.07) is 5.06. The Hall–Kier alpha value is -1.36. The fraction of sp³-hybridized carbons (Fsp3) is 0.429. The molecule has 1 rings (SSSR count). The molecule has 0 atom stereocenters. The highest BCUT2D eigenvalue weighted by Gasteiger charge is 2.31. The zero-order valence-corrected chi connectivity index (χ0v) is 12.8. The molecule has 0 aromatic heterocycles. The van der Waals surface area contributed by atoms with Crippen molar-refractivity contribution in [2.24, 2.45) is 5.41 Å². The second-order valence-corrected chi connectivity index (χ2v) is 5.72. The van der Waals surface area contributed by atoms with Gasteiger partial charge in [-0.3, -0.25) is 9.59 Å². The van der Waals surface area contributed by atoms with E-state index in [4.69, 9.17) is 9.84 Å². The number of carbonyl (C=O) groups excluding carboxylic acids is 1. The topological polar surface area (TPSA) is 63.6 Å². The zero-order valence-electron chi connectivity index (χ0n) is 11.2. The second kappa shape index (κ2) is 6.19. The van der Waals surface area contributed by atoms with E-state index < -0.39 is 11.4 Å². The summed E-state index contributed by atoms with van der Waals surface area (Å²) in [5.74, 6) is -0.520. The van der Waals surface area contributed by atoms with Crippen LogP contribution in [0.5, 0.6) is 5.75 Å². The molecule has 0 amide bonds. The Morgan fingerprint density at radius 2 is 2.00 bits per heavy atom. The Labute approximate surface area is 120 Å². The first-order chi connectivity index (χ1) is 8.77. The summed E-state index contributed by atoms with van der Waals surface area (Å²) in [5.41, 5.74) is -0.604. The van der Waals surface area contributed by atoms with Gasteiger partial charge in [-0.25, -0.2) is 0 Å². The Bertz CT molecular complexity index is 494. The molecular formula is C14H17BrO4. The first kappa shape index (κ1) is 15.7. The molecule has 0 unspecified atom stereocenters. The molecule has 0 aliphatic heterocycles. The Kier molecular flexibility index (Phi) is 5.11. The maximum atomic E-state index is 12.1. The summed E-state index contributed by atoms with van der Waals surface area (Å²) in [7, 11) is 0. The summed E-state index contributed by atoms with van der Waals surface area (Å²) in [6.07, 6.45) is -0.0467. The molecule has 0 bridgehead atoms. The van der Waals surface area contributed by atoms with Crippen molar-refractivity contribution < 1.29 is 19.4 Å². The number of aliphatic carboxylic acids is 1. The van der Waals surface area contributed by atoms with Gasteiger partial charge in [-0.1, -0.05) is 0 Å². The van der Waals surface area contributed by atoms with E-state index in [9.17, 15) is 9.59 Å². The minimum atomic E-state index is -1.07. The maximum Gasteiger partial charge on any atom is 0.309 e. The van der Waals surface area contributed by atoms with Gasteiger partial charge in [0.2, 0.25) is 0 Å². The van der Waals surface area contributed by atoms with Gasteiger partial charge >= 0.3 is 5.97 Å². The predicted octanol–water partition coefficient (Wildman–Crippen LogP) is 3.53. The van der Waals surface area contributed by atoms with Gasteiger partial charge in [0.15, 0.2) is 5.78 Å². The molecule has 5 heteroatoms. The predicted molar refractivity (Wildman–Crippen MR) is 75.7 cm³/mol. The van der Waals surface area contributed by atoms with Crippen molar-refractivity contribution >= 4 is 27.7 Å². The number of ether oxygens (including phenoxy) is 1. The van der Waals surface area contributed by atoms with Gasteiger partial charge in [0.1, 0.15) is 5.75 Å². The van der Waals surface area contributed by atoms with Crippen molar-refractivity contribution in [1.82, 2.24) is 0 Å². The number of hydrogen-bond donors (Lipinski definition) is 1. The van der Waals surface area contributed by atoms with Crippen molar-refractivity contribution in [3.8, 4) is 5.75 Å². The summed E-state index contributed by atoms with van der Waals surface area (Å²) < 4.78 is 5.94. The molecule has 104 valence electrons. The third-order valence-corrected chi connectivity index (χ3v) is 3.39. The smallest absolute Gasteiger partial charge is 0.309 e. The molecule has 0 aliphatic carbocycles. The van der Waals surface area contributed by atoms with Gasteiger partial charge < -0.3 is 9.84 Å². The largest absolute Gasteiger partial charge is 0.494 e. The minimum Gasteiger partial charge on any atom is -0.494 e. The molecule has 0 spiro atoms. The van der Waals surface area contributed by atoms with Crippen LogP contribution in [0.25, 0.3) is 0 Å². The Balaban J connectivity index is 2.92. The van der Waals surface area contributed by atoms with Crippen LogP contribution in [0.4, 0.5) is 0 Å². The van der Waals surface area contributed by atoms with Crippen molar-refractivity contribution in [3.05, 3.63) is 28.2 Å². The lowest BCUT2D eigenvalue weighted by Crippen LogP contribution is -2.27. The monoisotopic (exact) mass is 328 g/mol. The second-order valence-electron chi connectivity index (χ2n) is 4.86. The third kappa shape index (κ3) is 4.06. The number of hydrogen-bond acceptors (Lipinski definition) is 3. The summed E-state index contributed by atoms with van der Waals surface area (Å²) in [6.45, 7) is 5.50. The number of halogens is 1. The van der Waals surface area contributed by atoms with Crippen LogP contribution >= 0.6 is 15.9 Å². The molecule has 1 N–H and O–H groups in total. The van der Waals surface area contributed by atoms with Crippen molar-refractivity contribution in [2.45, 2.75) is 27.2 Å². The van der Waals surface area contributed by atoms with E-state index >= 15 is 0 Å². The average Bonchev–Trinajstić information content (AvgIpc) is 2.28. The first-order valence-corrected chi connectivity index (χ1v) is 6.76. The van der Waals surface area contributed by atoms with Gasteiger partial charge in [-0.05, 0) is 54.9 Å². The SMILES string of the molecule is CCOc1ccc(C(=O)CC(C)(C)C(=O)O)c(Br)c1. The Morgan fingerprint density at radius 3 is 2.47 bits per heavy atom. The van der Waals surface area contributed by atoms with Gasteiger partial charge in [-0.2, -0.15) is 0 Å². The lowest BCUT2D eigenvalue weighted by molar-refractivity contribution is -0.146. The number of carboxylic acid groups (broad SMARTS) is 1. The van der Waals surface area contributed by atoms with Gasteiger partial charge in [0, 0.05) is 16.5 Å². The zero-order chi connectivity index (χ0) is 14.6. The fourth-order valence-corrected chi connectivity index (χ4v) is 2.13. The number of carboxylic acids is 1. The first-order valence-electron chi connectivity index (χ1n) is 5.97. The molecule has 0 fully saturated rings. The van der Waals surface area contributed by atoms with E-state index in [0.717, 1.165) is 0 Å². The van der Waals surface area contributed by atoms with Crippen LogP contribution in [-0.4, -0.2) is 23.5 Å². The minimum absolute atomic E-state index is 0.0467. The van der Waals surface area contributed by atoms with Crippen LogP contribution in [0.2, 0.25) is 0 Å². The van der Waals surface area contributed by atoms with E-state index in [-0.39, 0.29) is 12.2 Å². The lowest BCUT2D eigenvalue weighted by atomic mass is 9.86. The maximum absolute atomic E-state index is 12.1. The summed E-state index contributed by atoms with van der Waals surface area (Å²) >= 11 is 3.31. The number of carbonyl (C=O) groups is 2. The summed E-state index contributed by atoms with van der Waals surface area (Å²) in [4.78, 5) is 23.1. The van der Waals surface area contributed by atoms with Gasteiger partial charge in [-0.15, -0.1) is 0 Å². The molecule has 0 saturated carbocycles. The van der Waals surface area contributed by atoms with E-state index in [1.807, 2.05) is 6.92 Å². The molecule has 0 radical (unpaired) electrons. The van der Waals surface area contributed by atoms with E-state index in [2.05, 4.69) is 15.9 Å². The van der Waals surface area contributed by atoms with Crippen LogP contribution in [0.15, 0.2) is 22.7 Å². The van der Waals surface area contributed by atoms with Crippen molar-refractivity contribution in [3.63, 3.8) is 0 Å². The lowest BCUT2D eigenvalue weighted by Gasteiger charge is -2.18. The highest BCUT2D eigenvalue weighted by atomic mass is 79.9.